The Balaban J connectivity index is 1.76. The summed E-state index contributed by atoms with van der Waals surface area (Å²) in [4.78, 5) is 16.9. The summed E-state index contributed by atoms with van der Waals surface area (Å²) in [5.41, 5.74) is -3.75. The number of halogens is 5. The number of hydrogen-bond acceptors (Lipinski definition) is 4. The maximum atomic E-state index is 14.7. The molecule has 4 aromatic rings. The molecule has 0 spiro atoms. The standard InChI is InChI=1S/C22H18F5N5O2/c1-14(21(34,11-30-13-28-12-29-30)18-7-4-16(23)10-19(18)24)31-8-9-32(20(31)33)17-5-2-15(3-6-17)22(25,26)27/h2-10,12-14,34H,11H2,1H3/t14-,21+/m1/s1. The number of aromatic nitrogens is 5. The molecule has 34 heavy (non-hydrogen) atoms. The first-order valence-corrected chi connectivity index (χ1v) is 9.98. The van der Waals surface area contributed by atoms with Gasteiger partial charge in [0.1, 0.15) is 29.9 Å². The summed E-state index contributed by atoms with van der Waals surface area (Å²) in [6.07, 6.45) is 0.604. The fourth-order valence-corrected chi connectivity index (χ4v) is 3.77. The van der Waals surface area contributed by atoms with Crippen LogP contribution in [0.2, 0.25) is 0 Å². The Morgan fingerprint density at radius 2 is 1.76 bits per heavy atom. The van der Waals surface area contributed by atoms with Gasteiger partial charge in [-0.25, -0.2) is 23.2 Å². The highest BCUT2D eigenvalue weighted by Gasteiger charge is 2.41. The molecule has 0 bridgehead atoms. The molecular weight excluding hydrogens is 461 g/mol. The number of rotatable bonds is 6. The SMILES string of the molecule is C[C@@H](n1ccn(-c2ccc(C(F)(F)F)cc2)c1=O)[C@@](O)(Cn1cncn1)c1ccc(F)cc1F. The van der Waals surface area contributed by atoms with Gasteiger partial charge in [-0.1, -0.05) is 6.07 Å². The van der Waals surface area contributed by atoms with E-state index in [9.17, 15) is 31.9 Å². The predicted molar refractivity (Wildman–Crippen MR) is 110 cm³/mol. The van der Waals surface area contributed by atoms with E-state index in [2.05, 4.69) is 10.1 Å². The van der Waals surface area contributed by atoms with Crippen molar-refractivity contribution in [2.24, 2.45) is 0 Å². The number of aliphatic hydroxyl groups is 1. The van der Waals surface area contributed by atoms with Crippen LogP contribution in [0.5, 0.6) is 0 Å². The third kappa shape index (κ3) is 4.23. The third-order valence-corrected chi connectivity index (χ3v) is 5.65. The molecule has 4 rings (SSSR count). The van der Waals surface area contributed by atoms with Gasteiger partial charge in [0.25, 0.3) is 0 Å². The molecular formula is C22H18F5N5O2. The van der Waals surface area contributed by atoms with E-state index in [1.165, 1.54) is 36.7 Å². The summed E-state index contributed by atoms with van der Waals surface area (Å²) in [6, 6.07) is 5.53. The zero-order valence-corrected chi connectivity index (χ0v) is 17.6. The Hall–Kier alpha value is -3.80. The van der Waals surface area contributed by atoms with Crippen LogP contribution in [0.4, 0.5) is 22.0 Å². The van der Waals surface area contributed by atoms with E-state index < -0.39 is 40.7 Å². The molecule has 0 saturated carbocycles. The lowest BCUT2D eigenvalue weighted by Crippen LogP contribution is -2.43. The van der Waals surface area contributed by atoms with Gasteiger partial charge >= 0.3 is 11.9 Å². The molecule has 0 aliphatic heterocycles. The highest BCUT2D eigenvalue weighted by atomic mass is 19.4. The van der Waals surface area contributed by atoms with Crippen LogP contribution >= 0.6 is 0 Å². The van der Waals surface area contributed by atoms with Crippen molar-refractivity contribution in [3.63, 3.8) is 0 Å². The third-order valence-electron chi connectivity index (χ3n) is 5.65. The van der Waals surface area contributed by atoms with E-state index in [-0.39, 0.29) is 17.8 Å². The number of benzene rings is 2. The summed E-state index contributed by atoms with van der Waals surface area (Å²) in [5, 5.41) is 15.6. The molecule has 0 saturated heterocycles. The van der Waals surface area contributed by atoms with Gasteiger partial charge in [-0.05, 0) is 37.3 Å². The van der Waals surface area contributed by atoms with Crippen molar-refractivity contribution in [2.75, 3.05) is 0 Å². The van der Waals surface area contributed by atoms with Crippen LogP contribution in [0.1, 0.15) is 24.1 Å². The van der Waals surface area contributed by atoms with Crippen LogP contribution in [0.15, 0.2) is 72.3 Å². The van der Waals surface area contributed by atoms with Crippen LogP contribution < -0.4 is 5.69 Å². The number of imidazole rings is 1. The largest absolute Gasteiger partial charge is 0.416 e. The average molecular weight is 479 g/mol. The average Bonchev–Trinajstić information content (AvgIpc) is 3.42. The van der Waals surface area contributed by atoms with E-state index in [0.29, 0.717) is 6.07 Å². The van der Waals surface area contributed by atoms with Crippen LogP contribution in [-0.2, 0) is 18.3 Å². The summed E-state index contributed by atoms with van der Waals surface area (Å²) in [5.74, 6) is -1.87. The van der Waals surface area contributed by atoms with E-state index in [1.54, 1.807) is 0 Å². The topological polar surface area (TPSA) is 77.9 Å². The van der Waals surface area contributed by atoms with Crippen LogP contribution in [0.25, 0.3) is 5.69 Å². The highest BCUT2D eigenvalue weighted by molar-refractivity contribution is 5.36. The molecule has 0 fully saturated rings. The van der Waals surface area contributed by atoms with Gasteiger partial charge < -0.3 is 5.11 Å². The second kappa shape index (κ2) is 8.52. The first kappa shape index (κ1) is 23.4. The lowest BCUT2D eigenvalue weighted by atomic mass is 9.86. The van der Waals surface area contributed by atoms with Gasteiger partial charge in [0.05, 0.1) is 23.8 Å². The van der Waals surface area contributed by atoms with Crippen LogP contribution in [0, 0.1) is 11.6 Å². The van der Waals surface area contributed by atoms with Crippen molar-refractivity contribution in [1.82, 2.24) is 23.9 Å². The first-order chi connectivity index (χ1) is 16.0. The molecule has 12 heteroatoms. The van der Waals surface area contributed by atoms with Crippen LogP contribution in [0.3, 0.4) is 0 Å². The lowest BCUT2D eigenvalue weighted by Gasteiger charge is -2.35. The van der Waals surface area contributed by atoms with E-state index in [4.69, 9.17) is 0 Å². The minimum Gasteiger partial charge on any atom is -0.381 e. The fourth-order valence-electron chi connectivity index (χ4n) is 3.77. The molecule has 0 unspecified atom stereocenters. The molecule has 2 aromatic heterocycles. The van der Waals surface area contributed by atoms with Gasteiger partial charge in [0, 0.05) is 24.0 Å². The Morgan fingerprint density at radius 1 is 1.06 bits per heavy atom. The molecule has 2 atom stereocenters. The molecule has 0 amide bonds. The molecule has 178 valence electrons. The number of hydrogen-bond donors (Lipinski definition) is 1. The molecule has 0 aliphatic carbocycles. The molecule has 2 heterocycles. The Labute approximate surface area is 189 Å². The minimum atomic E-state index is -4.53. The predicted octanol–water partition coefficient (Wildman–Crippen LogP) is 3.68. The van der Waals surface area contributed by atoms with Crippen molar-refractivity contribution in [1.29, 1.82) is 0 Å². The second-order valence-electron chi connectivity index (χ2n) is 7.72. The Bertz CT molecular complexity index is 1350. The molecule has 7 nitrogen and oxygen atoms in total. The van der Waals surface area contributed by atoms with Crippen molar-refractivity contribution < 1.29 is 27.1 Å². The summed E-state index contributed by atoms with van der Waals surface area (Å²) < 4.78 is 70.2. The van der Waals surface area contributed by atoms with Crippen molar-refractivity contribution in [2.45, 2.75) is 31.3 Å². The molecule has 0 aliphatic rings. The highest BCUT2D eigenvalue weighted by Crippen LogP contribution is 2.36. The normalized spacial score (nSPS) is 14.7. The molecule has 2 aromatic carbocycles. The van der Waals surface area contributed by atoms with Gasteiger partial charge in [0.15, 0.2) is 0 Å². The quantitative estimate of drug-likeness (QED) is 0.428. The van der Waals surface area contributed by atoms with Crippen LogP contribution in [-0.4, -0.2) is 29.0 Å². The lowest BCUT2D eigenvalue weighted by molar-refractivity contribution is -0.137. The smallest absolute Gasteiger partial charge is 0.381 e. The number of alkyl halides is 3. The monoisotopic (exact) mass is 479 g/mol. The number of nitrogens with zero attached hydrogens (tertiary/aromatic N) is 5. The van der Waals surface area contributed by atoms with Gasteiger partial charge in [-0.15, -0.1) is 0 Å². The fraction of sp³-hybridized carbons (Fsp3) is 0.227. The van der Waals surface area contributed by atoms with Crippen molar-refractivity contribution in [3.8, 4) is 5.69 Å². The Morgan fingerprint density at radius 3 is 2.35 bits per heavy atom. The zero-order chi connectivity index (χ0) is 24.7. The van der Waals surface area contributed by atoms with Gasteiger partial charge in [0.2, 0.25) is 0 Å². The van der Waals surface area contributed by atoms with Gasteiger partial charge in [-0.3, -0.25) is 9.13 Å². The van der Waals surface area contributed by atoms with Gasteiger partial charge in [-0.2, -0.15) is 18.3 Å². The second-order valence-corrected chi connectivity index (χ2v) is 7.72. The van der Waals surface area contributed by atoms with Crippen molar-refractivity contribution in [3.05, 3.63) is 101 Å². The maximum Gasteiger partial charge on any atom is 0.416 e. The summed E-state index contributed by atoms with van der Waals surface area (Å²) >= 11 is 0. The molecule has 1 N–H and O–H groups in total. The summed E-state index contributed by atoms with van der Waals surface area (Å²) in [6.45, 7) is 1.13. The van der Waals surface area contributed by atoms with E-state index >= 15 is 0 Å². The zero-order valence-electron chi connectivity index (χ0n) is 17.6. The summed E-state index contributed by atoms with van der Waals surface area (Å²) in [7, 11) is 0. The molecule has 0 radical (unpaired) electrons. The first-order valence-electron chi connectivity index (χ1n) is 9.98. The Kier molecular flexibility index (Phi) is 5.86. The maximum absolute atomic E-state index is 14.7. The van der Waals surface area contributed by atoms with E-state index in [0.717, 1.165) is 45.5 Å². The van der Waals surface area contributed by atoms with E-state index in [1.807, 2.05) is 0 Å². The van der Waals surface area contributed by atoms with Crippen molar-refractivity contribution >= 4 is 0 Å². The minimum absolute atomic E-state index is 0.164.